The lowest BCUT2D eigenvalue weighted by Gasteiger charge is -2.36. The van der Waals surface area contributed by atoms with Gasteiger partial charge in [0.25, 0.3) is 0 Å². The summed E-state index contributed by atoms with van der Waals surface area (Å²) in [7, 11) is 2.23. The van der Waals surface area contributed by atoms with Crippen LogP contribution in [0.25, 0.3) is 0 Å². The number of nitrogens with zero attached hydrogens (tertiary/aromatic N) is 2. The van der Waals surface area contributed by atoms with Gasteiger partial charge in [0.1, 0.15) is 23.0 Å². The van der Waals surface area contributed by atoms with E-state index in [0.717, 1.165) is 25.2 Å². The summed E-state index contributed by atoms with van der Waals surface area (Å²) in [6.45, 7) is 0. The molecule has 158 valence electrons. The highest BCUT2D eigenvalue weighted by Crippen LogP contribution is 2.45. The Balaban J connectivity index is 2.47. The van der Waals surface area contributed by atoms with Crippen LogP contribution in [0, 0.1) is 17.1 Å². The molecule has 1 atom stereocenters. The number of nitrogens with two attached hydrogens (primary N) is 1. The second-order valence-corrected chi connectivity index (χ2v) is 6.81. The molecule has 0 aromatic heterocycles. The molecule has 0 amide bonds. The van der Waals surface area contributed by atoms with Gasteiger partial charge in [-0.15, -0.1) is 0 Å². The number of nitriles is 1. The van der Waals surface area contributed by atoms with Gasteiger partial charge in [-0.2, -0.15) is 5.26 Å². The molecule has 3 rings (SSSR count). The number of rotatable bonds is 4. The van der Waals surface area contributed by atoms with E-state index in [1.54, 1.807) is 30.3 Å². The van der Waals surface area contributed by atoms with Gasteiger partial charge in [0, 0.05) is 0 Å². The zero-order valence-electron chi connectivity index (χ0n) is 16.6. The number of hydrogen-bond acceptors (Lipinski definition) is 7. The number of para-hydroxylation sites is 1. The quantitative estimate of drug-likeness (QED) is 0.725. The first-order valence-corrected chi connectivity index (χ1v) is 9.34. The molecule has 2 aromatic rings. The third-order valence-corrected chi connectivity index (χ3v) is 5.08. The fourth-order valence-electron chi connectivity index (χ4n) is 3.45. The summed E-state index contributed by atoms with van der Waals surface area (Å²) >= 11 is 6.21. The van der Waals surface area contributed by atoms with Crippen LogP contribution in [0.5, 0.6) is 0 Å². The molecule has 1 aliphatic rings. The minimum Gasteiger partial charge on any atom is -0.466 e. The predicted octanol–water partition coefficient (Wildman–Crippen LogP) is 3.38. The summed E-state index contributed by atoms with van der Waals surface area (Å²) in [5.41, 5.74) is 5.77. The number of carbonyl (C=O) groups is 2. The number of hydrogen-bond donors (Lipinski definition) is 1. The lowest BCUT2D eigenvalue weighted by molar-refractivity contribution is -0.139. The van der Waals surface area contributed by atoms with Gasteiger partial charge in [-0.1, -0.05) is 48.0 Å². The summed E-state index contributed by atoms with van der Waals surface area (Å²) in [6.07, 6.45) is 0. The molecule has 1 heterocycles. The Kier molecular flexibility index (Phi) is 6.28. The van der Waals surface area contributed by atoms with E-state index in [4.69, 9.17) is 26.8 Å². The van der Waals surface area contributed by atoms with Crippen LogP contribution >= 0.6 is 11.6 Å². The molecule has 9 heteroatoms. The first-order chi connectivity index (χ1) is 14.9. The van der Waals surface area contributed by atoms with E-state index in [0.29, 0.717) is 5.56 Å². The van der Waals surface area contributed by atoms with Crippen LogP contribution in [0.15, 0.2) is 71.2 Å². The monoisotopic (exact) mass is 441 g/mol. The van der Waals surface area contributed by atoms with Crippen LogP contribution in [0.1, 0.15) is 11.5 Å². The number of methoxy groups -OCH3 is 2. The van der Waals surface area contributed by atoms with Crippen LogP contribution in [0.4, 0.5) is 10.1 Å². The van der Waals surface area contributed by atoms with E-state index < -0.39 is 29.4 Å². The Morgan fingerprint density at radius 1 is 1.10 bits per heavy atom. The predicted molar refractivity (Wildman–Crippen MR) is 111 cm³/mol. The van der Waals surface area contributed by atoms with Gasteiger partial charge < -0.3 is 15.2 Å². The van der Waals surface area contributed by atoms with E-state index in [-0.39, 0.29) is 27.7 Å². The fourth-order valence-corrected chi connectivity index (χ4v) is 3.70. The van der Waals surface area contributed by atoms with Gasteiger partial charge in [-0.05, 0) is 17.7 Å². The summed E-state index contributed by atoms with van der Waals surface area (Å²) < 4.78 is 24.6. The Morgan fingerprint density at radius 3 is 2.29 bits per heavy atom. The van der Waals surface area contributed by atoms with Crippen molar-refractivity contribution in [2.24, 2.45) is 5.73 Å². The average molecular weight is 442 g/mol. The van der Waals surface area contributed by atoms with Crippen molar-refractivity contribution in [3.05, 3.63) is 87.6 Å². The molecule has 0 fully saturated rings. The van der Waals surface area contributed by atoms with Crippen molar-refractivity contribution in [3.63, 3.8) is 0 Å². The minimum absolute atomic E-state index is 0.0847. The Labute approximate surface area is 182 Å². The smallest absolute Gasteiger partial charge is 0.355 e. The van der Waals surface area contributed by atoms with E-state index in [2.05, 4.69) is 0 Å². The zero-order valence-corrected chi connectivity index (χ0v) is 17.3. The highest BCUT2D eigenvalue weighted by atomic mass is 35.5. The highest BCUT2D eigenvalue weighted by molar-refractivity contribution is 6.33. The number of esters is 2. The van der Waals surface area contributed by atoms with Crippen LogP contribution < -0.4 is 10.6 Å². The number of anilines is 1. The largest absolute Gasteiger partial charge is 0.466 e. The molecule has 31 heavy (non-hydrogen) atoms. The summed E-state index contributed by atoms with van der Waals surface area (Å²) in [5.74, 6) is -4.03. The first kappa shape index (κ1) is 21.9. The second kappa shape index (κ2) is 8.90. The van der Waals surface area contributed by atoms with Crippen LogP contribution in [-0.2, 0) is 19.1 Å². The summed E-state index contributed by atoms with van der Waals surface area (Å²) in [4.78, 5) is 26.7. The molecular weight excluding hydrogens is 425 g/mol. The van der Waals surface area contributed by atoms with E-state index in [1.165, 1.54) is 12.1 Å². The van der Waals surface area contributed by atoms with Gasteiger partial charge in [0.05, 0.1) is 42.4 Å². The van der Waals surface area contributed by atoms with Gasteiger partial charge >= 0.3 is 11.9 Å². The van der Waals surface area contributed by atoms with Gasteiger partial charge in [-0.3, -0.25) is 4.90 Å². The van der Waals surface area contributed by atoms with Crippen molar-refractivity contribution in [2.45, 2.75) is 5.92 Å². The van der Waals surface area contributed by atoms with Gasteiger partial charge in [0.15, 0.2) is 0 Å². The average Bonchev–Trinajstić information content (AvgIpc) is 2.78. The molecule has 0 spiro atoms. The third-order valence-electron chi connectivity index (χ3n) is 4.77. The maximum atomic E-state index is 14.8. The molecule has 0 saturated carbocycles. The lowest BCUT2D eigenvalue weighted by atomic mass is 9.81. The van der Waals surface area contributed by atoms with Crippen LogP contribution in [0.3, 0.4) is 0 Å². The molecule has 2 aromatic carbocycles. The van der Waals surface area contributed by atoms with Crippen molar-refractivity contribution < 1.29 is 23.5 Å². The molecule has 1 aliphatic heterocycles. The summed E-state index contributed by atoms with van der Waals surface area (Å²) in [5, 5.41) is 9.83. The SMILES string of the molecule is COC(=O)C1=C(C(=O)OC)N(c2c(F)cccc2Cl)C(N)=C(C#N)C1c1ccccc1. The van der Waals surface area contributed by atoms with Crippen molar-refractivity contribution in [1.29, 1.82) is 5.26 Å². The third kappa shape index (κ3) is 3.71. The van der Waals surface area contributed by atoms with Crippen molar-refractivity contribution >= 4 is 29.2 Å². The van der Waals surface area contributed by atoms with Crippen molar-refractivity contribution in [2.75, 3.05) is 19.1 Å². The molecule has 0 radical (unpaired) electrons. The second-order valence-electron chi connectivity index (χ2n) is 6.41. The molecule has 0 aliphatic carbocycles. The molecule has 0 bridgehead atoms. The van der Waals surface area contributed by atoms with Crippen LogP contribution in [-0.4, -0.2) is 26.2 Å². The van der Waals surface area contributed by atoms with E-state index >= 15 is 0 Å². The summed E-state index contributed by atoms with van der Waals surface area (Å²) in [6, 6.07) is 14.3. The normalized spacial score (nSPS) is 16.1. The molecule has 1 unspecified atom stereocenters. The van der Waals surface area contributed by atoms with Crippen LogP contribution in [0.2, 0.25) is 5.02 Å². The van der Waals surface area contributed by atoms with E-state index in [1.807, 2.05) is 6.07 Å². The highest BCUT2D eigenvalue weighted by Gasteiger charge is 2.44. The standard InChI is InChI=1S/C22H17ClFN3O4/c1-30-21(28)17-16(12-7-4-3-5-8-12)13(11-25)20(26)27(19(17)22(29)31-2)18-14(23)9-6-10-15(18)24/h3-10,16H,26H2,1-2H3. The zero-order chi connectivity index (χ0) is 22.7. The number of ether oxygens (including phenoxy) is 2. The topological polar surface area (TPSA) is 106 Å². The minimum atomic E-state index is -1.05. The Bertz CT molecular complexity index is 1130. The lowest BCUT2D eigenvalue weighted by Crippen LogP contribution is -2.41. The molecule has 7 nitrogen and oxygen atoms in total. The molecular formula is C22H17ClFN3O4. The maximum absolute atomic E-state index is 14.8. The number of carbonyl (C=O) groups excluding carboxylic acids is 2. The number of benzene rings is 2. The number of halogens is 2. The van der Waals surface area contributed by atoms with Gasteiger partial charge in [0.2, 0.25) is 0 Å². The number of allylic oxidation sites excluding steroid dienone is 1. The van der Waals surface area contributed by atoms with E-state index in [9.17, 15) is 19.2 Å². The molecule has 2 N–H and O–H groups in total. The Morgan fingerprint density at radius 2 is 1.74 bits per heavy atom. The van der Waals surface area contributed by atoms with Crippen molar-refractivity contribution in [1.82, 2.24) is 0 Å². The first-order valence-electron chi connectivity index (χ1n) is 8.96. The fraction of sp³-hybridized carbons (Fsp3) is 0.136. The molecule has 0 saturated heterocycles. The maximum Gasteiger partial charge on any atom is 0.355 e. The Hall–Kier alpha value is -3.83. The van der Waals surface area contributed by atoms with Gasteiger partial charge in [-0.25, -0.2) is 14.0 Å². The van der Waals surface area contributed by atoms with Crippen molar-refractivity contribution in [3.8, 4) is 6.07 Å².